The minimum absolute atomic E-state index is 0.229. The lowest BCUT2D eigenvalue weighted by Crippen LogP contribution is -2.13. The minimum Gasteiger partial charge on any atom is -0.496 e. The molecule has 1 amide bonds. The van der Waals surface area contributed by atoms with Crippen molar-refractivity contribution < 1.29 is 23.7 Å². The molecule has 0 heterocycles. The molecule has 6 nitrogen and oxygen atoms in total. The van der Waals surface area contributed by atoms with E-state index in [1.807, 2.05) is 6.92 Å². The van der Waals surface area contributed by atoms with Crippen LogP contribution in [0.25, 0.3) is 0 Å². The highest BCUT2D eigenvalue weighted by Gasteiger charge is 2.12. The summed E-state index contributed by atoms with van der Waals surface area (Å²) in [6.45, 7) is 2.89. The van der Waals surface area contributed by atoms with Gasteiger partial charge in [0.05, 0.1) is 27.9 Å². The number of benzene rings is 2. The summed E-state index contributed by atoms with van der Waals surface area (Å²) >= 11 is 0. The Balaban J connectivity index is 2.20. The molecule has 0 saturated carbocycles. The summed E-state index contributed by atoms with van der Waals surface area (Å²) in [6, 6.07) is 10.4. The lowest BCUT2D eigenvalue weighted by molar-refractivity contribution is 0.102. The van der Waals surface area contributed by atoms with E-state index in [2.05, 4.69) is 5.32 Å². The SMILES string of the molecule is CCOCc1cc(C(=O)Nc2ccc(OC)c(OC)c2)ccc1OC. The fraction of sp³-hybridized carbons (Fsp3) is 0.316. The van der Waals surface area contributed by atoms with Gasteiger partial charge in [0.2, 0.25) is 0 Å². The van der Waals surface area contributed by atoms with Crippen LogP contribution in [0.1, 0.15) is 22.8 Å². The van der Waals surface area contributed by atoms with Crippen molar-refractivity contribution in [3.63, 3.8) is 0 Å². The van der Waals surface area contributed by atoms with Gasteiger partial charge in [0, 0.05) is 29.5 Å². The van der Waals surface area contributed by atoms with Crippen LogP contribution in [0.4, 0.5) is 5.69 Å². The molecular weight excluding hydrogens is 322 g/mol. The van der Waals surface area contributed by atoms with Gasteiger partial charge in [-0.15, -0.1) is 0 Å². The Kier molecular flexibility index (Phi) is 6.65. The zero-order valence-electron chi connectivity index (χ0n) is 14.9. The number of carbonyl (C=O) groups excluding carboxylic acids is 1. The lowest BCUT2D eigenvalue weighted by atomic mass is 10.1. The number of ether oxygens (including phenoxy) is 4. The molecule has 0 radical (unpaired) electrons. The van der Waals surface area contributed by atoms with Crippen LogP contribution in [0.15, 0.2) is 36.4 Å². The van der Waals surface area contributed by atoms with E-state index >= 15 is 0 Å². The molecule has 2 aromatic rings. The van der Waals surface area contributed by atoms with Crippen molar-refractivity contribution in [1.82, 2.24) is 0 Å². The summed E-state index contributed by atoms with van der Waals surface area (Å²) in [6.07, 6.45) is 0. The quantitative estimate of drug-likeness (QED) is 0.793. The summed E-state index contributed by atoms with van der Waals surface area (Å²) in [7, 11) is 4.70. The third-order valence-corrected chi connectivity index (χ3v) is 3.65. The lowest BCUT2D eigenvalue weighted by Gasteiger charge is -2.12. The van der Waals surface area contributed by atoms with Gasteiger partial charge in [0.15, 0.2) is 11.5 Å². The van der Waals surface area contributed by atoms with Crippen molar-refractivity contribution in [3.05, 3.63) is 47.5 Å². The monoisotopic (exact) mass is 345 g/mol. The summed E-state index contributed by atoms with van der Waals surface area (Å²) in [5, 5.41) is 2.85. The Labute approximate surface area is 147 Å². The zero-order chi connectivity index (χ0) is 18.2. The normalized spacial score (nSPS) is 10.2. The van der Waals surface area contributed by atoms with Crippen LogP contribution in [-0.4, -0.2) is 33.8 Å². The van der Waals surface area contributed by atoms with Crippen molar-refractivity contribution >= 4 is 11.6 Å². The van der Waals surface area contributed by atoms with Gasteiger partial charge >= 0.3 is 0 Å². The Morgan fingerprint density at radius 1 is 0.920 bits per heavy atom. The maximum atomic E-state index is 12.5. The first-order valence-electron chi connectivity index (χ1n) is 7.91. The van der Waals surface area contributed by atoms with E-state index in [1.165, 1.54) is 0 Å². The maximum absolute atomic E-state index is 12.5. The first-order chi connectivity index (χ1) is 12.1. The van der Waals surface area contributed by atoms with Crippen molar-refractivity contribution in [2.75, 3.05) is 33.3 Å². The first-order valence-corrected chi connectivity index (χ1v) is 7.91. The Bertz CT molecular complexity index is 730. The number of anilines is 1. The average Bonchev–Trinajstić information content (AvgIpc) is 2.65. The molecule has 0 bridgehead atoms. The Morgan fingerprint density at radius 2 is 1.60 bits per heavy atom. The highest BCUT2D eigenvalue weighted by atomic mass is 16.5. The van der Waals surface area contributed by atoms with Gasteiger partial charge in [-0.25, -0.2) is 0 Å². The van der Waals surface area contributed by atoms with E-state index in [0.29, 0.717) is 41.7 Å². The highest BCUT2D eigenvalue weighted by Crippen LogP contribution is 2.30. The predicted octanol–water partition coefficient (Wildman–Crippen LogP) is 3.50. The molecule has 2 aromatic carbocycles. The van der Waals surface area contributed by atoms with Crippen LogP contribution in [0.3, 0.4) is 0 Å². The van der Waals surface area contributed by atoms with E-state index in [1.54, 1.807) is 57.7 Å². The van der Waals surface area contributed by atoms with Crippen LogP contribution in [0.5, 0.6) is 17.2 Å². The van der Waals surface area contributed by atoms with E-state index in [0.717, 1.165) is 5.56 Å². The van der Waals surface area contributed by atoms with Crippen molar-refractivity contribution in [3.8, 4) is 17.2 Å². The standard InChI is InChI=1S/C19H23NO5/c1-5-25-12-14-10-13(6-8-16(14)22-2)19(21)20-15-7-9-17(23-3)18(11-15)24-4/h6-11H,5,12H2,1-4H3,(H,20,21). The van der Waals surface area contributed by atoms with Crippen molar-refractivity contribution in [2.45, 2.75) is 13.5 Å². The van der Waals surface area contributed by atoms with Gasteiger partial charge in [0.25, 0.3) is 5.91 Å². The van der Waals surface area contributed by atoms with Gasteiger partial charge < -0.3 is 24.3 Å². The van der Waals surface area contributed by atoms with E-state index in [-0.39, 0.29) is 5.91 Å². The van der Waals surface area contributed by atoms with Crippen LogP contribution in [0.2, 0.25) is 0 Å². The topological polar surface area (TPSA) is 66.0 Å². The number of amides is 1. The van der Waals surface area contributed by atoms with Crippen molar-refractivity contribution in [2.24, 2.45) is 0 Å². The molecule has 0 aliphatic rings. The summed E-state index contributed by atoms with van der Waals surface area (Å²) in [4.78, 5) is 12.5. The summed E-state index contributed by atoms with van der Waals surface area (Å²) in [5.41, 5.74) is 1.96. The van der Waals surface area contributed by atoms with Gasteiger partial charge in [0.1, 0.15) is 5.75 Å². The molecule has 2 rings (SSSR count). The van der Waals surface area contributed by atoms with Gasteiger partial charge in [-0.3, -0.25) is 4.79 Å². The highest BCUT2D eigenvalue weighted by molar-refractivity contribution is 6.04. The Hall–Kier alpha value is -2.73. The molecule has 134 valence electrons. The molecule has 0 aliphatic heterocycles. The van der Waals surface area contributed by atoms with Gasteiger partial charge in [-0.1, -0.05) is 0 Å². The maximum Gasteiger partial charge on any atom is 0.255 e. The van der Waals surface area contributed by atoms with Gasteiger partial charge in [-0.2, -0.15) is 0 Å². The second kappa shape index (κ2) is 8.94. The molecule has 0 atom stereocenters. The predicted molar refractivity (Wildman–Crippen MR) is 95.8 cm³/mol. The molecule has 0 aromatic heterocycles. The molecule has 0 spiro atoms. The minimum atomic E-state index is -0.229. The largest absolute Gasteiger partial charge is 0.496 e. The smallest absolute Gasteiger partial charge is 0.255 e. The van der Waals surface area contributed by atoms with Crippen LogP contribution in [-0.2, 0) is 11.3 Å². The summed E-state index contributed by atoms with van der Waals surface area (Å²) < 4.78 is 21.2. The third kappa shape index (κ3) is 4.64. The number of methoxy groups -OCH3 is 3. The van der Waals surface area contributed by atoms with Crippen LogP contribution in [0, 0.1) is 0 Å². The second-order valence-corrected chi connectivity index (χ2v) is 5.19. The molecule has 0 unspecified atom stereocenters. The molecule has 25 heavy (non-hydrogen) atoms. The molecular formula is C19H23NO5. The molecule has 0 aliphatic carbocycles. The zero-order valence-corrected chi connectivity index (χ0v) is 14.9. The Morgan fingerprint density at radius 3 is 2.24 bits per heavy atom. The van der Waals surface area contributed by atoms with Crippen molar-refractivity contribution in [1.29, 1.82) is 0 Å². The first kappa shape index (κ1) is 18.6. The molecule has 1 N–H and O–H groups in total. The fourth-order valence-electron chi connectivity index (χ4n) is 2.36. The fourth-order valence-corrected chi connectivity index (χ4v) is 2.36. The third-order valence-electron chi connectivity index (χ3n) is 3.65. The van der Waals surface area contributed by atoms with E-state index < -0.39 is 0 Å². The molecule has 6 heteroatoms. The average molecular weight is 345 g/mol. The molecule has 0 saturated heterocycles. The number of carbonyl (C=O) groups is 1. The number of nitrogens with one attached hydrogen (secondary N) is 1. The van der Waals surface area contributed by atoms with Crippen LogP contribution >= 0.6 is 0 Å². The van der Waals surface area contributed by atoms with E-state index in [4.69, 9.17) is 18.9 Å². The van der Waals surface area contributed by atoms with Crippen LogP contribution < -0.4 is 19.5 Å². The number of hydrogen-bond donors (Lipinski definition) is 1. The number of hydrogen-bond acceptors (Lipinski definition) is 5. The second-order valence-electron chi connectivity index (χ2n) is 5.19. The summed E-state index contributed by atoms with van der Waals surface area (Å²) in [5.74, 6) is 1.61. The van der Waals surface area contributed by atoms with Gasteiger partial charge in [-0.05, 0) is 37.3 Å². The number of rotatable bonds is 8. The van der Waals surface area contributed by atoms with E-state index in [9.17, 15) is 4.79 Å². The molecule has 0 fully saturated rings.